The Morgan fingerprint density at radius 3 is 0.904 bits per heavy atom. The molecule has 0 atom stereocenters. The number of benzene rings is 14. The largest absolute Gasteiger partial charge is 0.507 e. The number of carbonyl (C=O) groups is 6. The fourth-order valence-electron chi connectivity index (χ4n) is 12.8. The van der Waals surface area contributed by atoms with E-state index in [1.165, 1.54) is 48.5 Å². The van der Waals surface area contributed by atoms with Crippen molar-refractivity contribution in [3.63, 3.8) is 0 Å². The Kier molecular flexibility index (Phi) is 22.4. The van der Waals surface area contributed by atoms with Crippen LogP contribution in [0.3, 0.4) is 0 Å². The molecule has 0 bridgehead atoms. The van der Waals surface area contributed by atoms with E-state index in [9.17, 15) is 44.1 Å². The van der Waals surface area contributed by atoms with Crippen LogP contribution in [-0.2, 0) is 0 Å². The Labute approximate surface area is 655 Å². The van der Waals surface area contributed by atoms with Crippen molar-refractivity contribution in [1.82, 2.24) is 9.55 Å². The molecule has 0 saturated carbocycles. The smallest absolute Gasteiger partial charge is 0.335 e. The number of nitrogens with zero attached hydrogens (tertiary/aromatic N) is 2. The third-order valence-corrected chi connectivity index (χ3v) is 19.0. The predicted molar refractivity (Wildman–Crippen MR) is 443 cm³/mol. The van der Waals surface area contributed by atoms with Gasteiger partial charge in [-0.1, -0.05) is 150 Å². The van der Waals surface area contributed by atoms with Gasteiger partial charge in [-0.15, -0.1) is 0 Å². The van der Waals surface area contributed by atoms with Crippen molar-refractivity contribution in [2.75, 3.05) is 0 Å². The standard InChI is InChI=1S/C47H30N2O5.2C26H18O4/c50-42-24-21-35(28-7-3-1-4-8-28)27-41(42)45-48-43-39-25-33(29-11-15-31(16-12-29)46(51)52)19-22-37(39)38-23-20-34(30-13-17-32(18-14-30)47(53)54)26-40(38)44(43)49(45)36-9-5-2-6-10-36;2*1-17-15-24(14-8-20-5-11-22(12-6-20)26(29)30)18(2)16-23(17)13-7-19-3-9-21(10-4-19)25(27)28/h1-27,50H,(H,51,52)(H,53,54);2*3-6,9-12,15-16H,1-2H3,(H,27,28)(H,29,30). The second-order valence-electron chi connectivity index (χ2n) is 26.7. The molecule has 0 fully saturated rings. The Bertz CT molecular complexity index is 6220. The van der Waals surface area contributed by atoms with Crippen LogP contribution in [-0.4, -0.2) is 81.1 Å². The number of imidazole rings is 1. The fourth-order valence-corrected chi connectivity index (χ4v) is 12.8. The van der Waals surface area contributed by atoms with Crippen LogP contribution in [0.2, 0.25) is 0 Å². The average molecular weight is 1490 g/mol. The Morgan fingerprint density at radius 2 is 0.561 bits per heavy atom. The molecule has 7 N–H and O–H groups in total. The molecule has 15 rings (SSSR count). The van der Waals surface area contributed by atoms with E-state index < -0.39 is 35.8 Å². The van der Waals surface area contributed by atoms with E-state index in [1.54, 1.807) is 78.9 Å². The first kappa shape index (κ1) is 76.1. The number of hydrogen-bond acceptors (Lipinski definition) is 8. The second kappa shape index (κ2) is 33.6. The summed E-state index contributed by atoms with van der Waals surface area (Å²) in [4.78, 5) is 72.3. The minimum atomic E-state index is -0.982. The second-order valence-corrected chi connectivity index (χ2v) is 26.7. The zero-order valence-electron chi connectivity index (χ0n) is 61.6. The molecule has 14 aromatic carbocycles. The highest BCUT2D eigenvalue weighted by molar-refractivity contribution is 6.25. The van der Waals surface area contributed by atoms with Gasteiger partial charge in [-0.25, -0.2) is 33.8 Å². The molecule has 15 aromatic rings. The lowest BCUT2D eigenvalue weighted by Gasteiger charge is -2.15. The summed E-state index contributed by atoms with van der Waals surface area (Å²) in [6.07, 6.45) is 0. The van der Waals surface area contributed by atoms with Crippen LogP contribution in [0.25, 0.3) is 83.0 Å². The molecule has 15 nitrogen and oxygen atoms in total. The highest BCUT2D eigenvalue weighted by Gasteiger charge is 2.24. The first-order valence-corrected chi connectivity index (χ1v) is 35.7. The van der Waals surface area contributed by atoms with Gasteiger partial charge in [-0.3, -0.25) is 4.57 Å². The van der Waals surface area contributed by atoms with Crippen LogP contribution in [0, 0.1) is 75.1 Å². The van der Waals surface area contributed by atoms with Crippen LogP contribution < -0.4 is 0 Å². The SMILES string of the molecule is Cc1cc(C#Cc2ccc(C(=O)O)cc2)c(C)cc1C#Cc1ccc(C(=O)O)cc1.Cc1cc(C#Cc2ccc(C(=O)O)cc2)c(C)cc1C#Cc1ccc(C(=O)O)cc1.O=C(O)c1ccc(-c2ccc3c4ccc(-c5ccc(C(=O)O)cc5)cc4c4c(nc(-c5cc(-c6ccccc6)ccc5O)n4-c4ccccc4)c3c2)cc1. The lowest BCUT2D eigenvalue weighted by atomic mass is 9.93. The summed E-state index contributed by atoms with van der Waals surface area (Å²) in [6.45, 7) is 7.85. The average Bonchev–Trinajstić information content (AvgIpc) is 1.32. The van der Waals surface area contributed by atoms with Crippen LogP contribution in [0.4, 0.5) is 0 Å². The Morgan fingerprint density at radius 1 is 0.281 bits per heavy atom. The van der Waals surface area contributed by atoms with E-state index >= 15 is 0 Å². The summed E-state index contributed by atoms with van der Waals surface area (Å²) in [5.41, 5.74) is 20.3. The van der Waals surface area contributed by atoms with Gasteiger partial charge in [0.2, 0.25) is 0 Å². The number of carboxylic acids is 6. The van der Waals surface area contributed by atoms with Gasteiger partial charge >= 0.3 is 35.8 Å². The zero-order chi connectivity index (χ0) is 80.3. The number of aromatic nitrogens is 2. The Hall–Kier alpha value is -16.1. The van der Waals surface area contributed by atoms with Crippen LogP contribution in [0.15, 0.2) is 285 Å². The zero-order valence-corrected chi connectivity index (χ0v) is 61.6. The highest BCUT2D eigenvalue weighted by Crippen LogP contribution is 2.44. The van der Waals surface area contributed by atoms with E-state index in [0.29, 0.717) is 11.4 Å². The van der Waals surface area contributed by atoms with Crippen molar-refractivity contribution in [3.8, 4) is 104 Å². The molecule has 0 unspecified atom stereocenters. The molecule has 0 amide bonds. The molecule has 0 aliphatic heterocycles. The van der Waals surface area contributed by atoms with Gasteiger partial charge in [0.25, 0.3) is 0 Å². The maximum Gasteiger partial charge on any atom is 0.335 e. The van der Waals surface area contributed by atoms with Gasteiger partial charge in [0.1, 0.15) is 11.6 Å². The molecule has 114 heavy (non-hydrogen) atoms. The van der Waals surface area contributed by atoms with E-state index in [1.807, 2.05) is 161 Å². The third kappa shape index (κ3) is 17.4. The van der Waals surface area contributed by atoms with Crippen molar-refractivity contribution in [1.29, 1.82) is 0 Å². The minimum absolute atomic E-state index is 0.0919. The summed E-state index contributed by atoms with van der Waals surface area (Å²) in [7, 11) is 0. The Balaban J connectivity index is 0.000000162. The number of para-hydroxylation sites is 1. The molecule has 1 heterocycles. The molecular formula is C99H66N2O13. The number of aryl methyl sites for hydroxylation is 4. The van der Waals surface area contributed by atoms with Gasteiger partial charge in [0.15, 0.2) is 0 Å². The van der Waals surface area contributed by atoms with E-state index in [0.717, 1.165) is 138 Å². The van der Waals surface area contributed by atoms with E-state index in [2.05, 4.69) is 76.2 Å². The molecule has 0 radical (unpaired) electrons. The first-order chi connectivity index (χ1) is 55.0. The van der Waals surface area contributed by atoms with Gasteiger partial charge in [-0.05, 0) is 276 Å². The predicted octanol–water partition coefficient (Wildman–Crippen LogP) is 20.1. The number of rotatable bonds is 11. The van der Waals surface area contributed by atoms with Gasteiger partial charge in [0, 0.05) is 61.0 Å². The van der Waals surface area contributed by atoms with Crippen LogP contribution >= 0.6 is 0 Å². The van der Waals surface area contributed by atoms with Crippen LogP contribution in [0.1, 0.15) is 129 Å². The summed E-state index contributed by atoms with van der Waals surface area (Å²) in [5, 5.41) is 70.2. The molecule has 0 saturated heterocycles. The van der Waals surface area contributed by atoms with E-state index in [-0.39, 0.29) is 39.1 Å². The fraction of sp³-hybridized carbons (Fsp3) is 0.0404. The quantitative estimate of drug-likeness (QED) is 0.0469. The third-order valence-electron chi connectivity index (χ3n) is 19.0. The molecule has 1 aromatic heterocycles. The number of hydrogen-bond donors (Lipinski definition) is 7. The molecule has 15 heteroatoms. The monoisotopic (exact) mass is 1490 g/mol. The van der Waals surface area contributed by atoms with Gasteiger partial charge < -0.3 is 35.7 Å². The van der Waals surface area contributed by atoms with Crippen molar-refractivity contribution >= 4 is 68.4 Å². The minimum Gasteiger partial charge on any atom is -0.507 e. The highest BCUT2D eigenvalue weighted by atomic mass is 16.4. The summed E-state index contributed by atoms with van der Waals surface area (Å²) in [6, 6.07) is 85.4. The molecule has 0 aliphatic carbocycles. The number of phenols is 1. The van der Waals surface area contributed by atoms with Gasteiger partial charge in [0.05, 0.1) is 50.0 Å². The normalized spacial score (nSPS) is 10.5. The lowest BCUT2D eigenvalue weighted by Crippen LogP contribution is -1.99. The van der Waals surface area contributed by atoms with Crippen LogP contribution in [0.5, 0.6) is 5.75 Å². The lowest BCUT2D eigenvalue weighted by molar-refractivity contribution is 0.0686. The molecule has 550 valence electrons. The number of carboxylic acid groups (broad SMARTS) is 6. The topological polar surface area (TPSA) is 262 Å². The van der Waals surface area contributed by atoms with Crippen molar-refractivity contribution < 1.29 is 64.5 Å². The summed E-state index contributed by atoms with van der Waals surface area (Å²) < 4.78 is 2.10. The van der Waals surface area contributed by atoms with Crippen molar-refractivity contribution in [2.45, 2.75) is 27.7 Å². The van der Waals surface area contributed by atoms with Gasteiger partial charge in [-0.2, -0.15) is 0 Å². The maximum atomic E-state index is 11.6. The molecule has 0 spiro atoms. The number of fused-ring (bicyclic) bond motifs is 6. The summed E-state index contributed by atoms with van der Waals surface area (Å²) >= 11 is 0. The number of phenolic OH excluding ortho intramolecular Hbond substituents is 1. The molecule has 0 aliphatic rings. The number of aromatic carboxylic acids is 6. The van der Waals surface area contributed by atoms with Crippen molar-refractivity contribution in [3.05, 3.63) is 385 Å². The molecular weight excluding hydrogens is 1430 g/mol. The maximum absolute atomic E-state index is 11.6. The first-order valence-electron chi connectivity index (χ1n) is 35.7. The van der Waals surface area contributed by atoms with Crippen molar-refractivity contribution in [2.24, 2.45) is 0 Å². The van der Waals surface area contributed by atoms with E-state index in [4.69, 9.17) is 25.4 Å². The number of aromatic hydroxyl groups is 1. The summed E-state index contributed by atoms with van der Waals surface area (Å²) in [5.74, 6) is 19.6.